The minimum atomic E-state index is -0.483. The number of amides is 1. The van der Waals surface area contributed by atoms with Crippen LogP contribution in [0.4, 0.5) is 4.79 Å². The lowest BCUT2D eigenvalue weighted by Gasteiger charge is -2.40. The first kappa shape index (κ1) is 19.3. The molecule has 22 heavy (non-hydrogen) atoms. The SMILES string of the molecule is CC(C)(C)OC(=O)N1CC[C@H]1COc1cnc(Cl)c(Br)c1.Cl. The highest BCUT2D eigenvalue weighted by atomic mass is 79.9. The molecule has 1 aliphatic heterocycles. The highest BCUT2D eigenvalue weighted by molar-refractivity contribution is 9.10. The van der Waals surface area contributed by atoms with Crippen molar-refractivity contribution in [1.29, 1.82) is 0 Å². The lowest BCUT2D eigenvalue weighted by atomic mass is 10.1. The summed E-state index contributed by atoms with van der Waals surface area (Å²) in [5.74, 6) is 0.613. The maximum Gasteiger partial charge on any atom is 0.410 e. The molecule has 0 radical (unpaired) electrons. The third kappa shape index (κ3) is 5.18. The Bertz CT molecular complexity index is 537. The van der Waals surface area contributed by atoms with Gasteiger partial charge in [0.25, 0.3) is 0 Å². The monoisotopic (exact) mass is 412 g/mol. The number of rotatable bonds is 3. The molecule has 2 rings (SSSR count). The zero-order chi connectivity index (χ0) is 15.6. The topological polar surface area (TPSA) is 51.7 Å². The Morgan fingerprint density at radius 2 is 2.23 bits per heavy atom. The van der Waals surface area contributed by atoms with Crippen LogP contribution in [0.25, 0.3) is 0 Å². The van der Waals surface area contributed by atoms with E-state index in [9.17, 15) is 4.79 Å². The van der Waals surface area contributed by atoms with Crippen molar-refractivity contribution in [2.75, 3.05) is 13.2 Å². The molecular formula is C14H19BrCl2N2O3. The molecule has 2 heterocycles. The summed E-state index contributed by atoms with van der Waals surface area (Å²) in [6.45, 7) is 6.67. The fourth-order valence-corrected chi connectivity index (χ4v) is 2.28. The highest BCUT2D eigenvalue weighted by Gasteiger charge is 2.35. The summed E-state index contributed by atoms with van der Waals surface area (Å²) in [5.41, 5.74) is -0.483. The number of likely N-dealkylation sites (tertiary alicyclic amines) is 1. The van der Waals surface area contributed by atoms with Crippen LogP contribution in [0.3, 0.4) is 0 Å². The van der Waals surface area contributed by atoms with Gasteiger partial charge in [-0.2, -0.15) is 0 Å². The van der Waals surface area contributed by atoms with E-state index in [0.29, 0.717) is 28.5 Å². The van der Waals surface area contributed by atoms with Crippen molar-refractivity contribution in [2.45, 2.75) is 38.8 Å². The van der Waals surface area contributed by atoms with E-state index in [0.717, 1.165) is 6.42 Å². The van der Waals surface area contributed by atoms with Gasteiger partial charge in [-0.3, -0.25) is 0 Å². The average Bonchev–Trinajstić information content (AvgIpc) is 2.30. The molecule has 1 amide bonds. The van der Waals surface area contributed by atoms with Crippen LogP contribution < -0.4 is 4.74 Å². The third-order valence-electron chi connectivity index (χ3n) is 2.99. The van der Waals surface area contributed by atoms with Crippen LogP contribution in [0.15, 0.2) is 16.7 Å². The Morgan fingerprint density at radius 1 is 1.55 bits per heavy atom. The number of aromatic nitrogens is 1. The van der Waals surface area contributed by atoms with E-state index in [1.165, 1.54) is 0 Å². The molecule has 1 aromatic heterocycles. The first-order valence-electron chi connectivity index (χ1n) is 6.70. The van der Waals surface area contributed by atoms with E-state index in [2.05, 4.69) is 20.9 Å². The van der Waals surface area contributed by atoms with Gasteiger partial charge in [-0.15, -0.1) is 12.4 Å². The molecule has 1 aliphatic rings. The molecule has 0 aliphatic carbocycles. The van der Waals surface area contributed by atoms with Crippen LogP contribution in [-0.2, 0) is 4.74 Å². The maximum atomic E-state index is 12.0. The first-order chi connectivity index (χ1) is 9.76. The number of halogens is 3. The van der Waals surface area contributed by atoms with Gasteiger partial charge in [0.05, 0.1) is 16.7 Å². The molecule has 1 atom stereocenters. The zero-order valence-electron chi connectivity index (χ0n) is 12.6. The second kappa shape index (κ2) is 7.70. The van der Waals surface area contributed by atoms with Gasteiger partial charge >= 0.3 is 6.09 Å². The van der Waals surface area contributed by atoms with Gasteiger partial charge in [-0.25, -0.2) is 9.78 Å². The molecule has 0 N–H and O–H groups in total. The summed E-state index contributed by atoms with van der Waals surface area (Å²) < 4.78 is 11.7. The molecule has 5 nitrogen and oxygen atoms in total. The largest absolute Gasteiger partial charge is 0.490 e. The van der Waals surface area contributed by atoms with Crippen LogP contribution in [0.1, 0.15) is 27.2 Å². The van der Waals surface area contributed by atoms with Crippen molar-refractivity contribution >= 4 is 46.0 Å². The van der Waals surface area contributed by atoms with Gasteiger partial charge in [0, 0.05) is 6.54 Å². The van der Waals surface area contributed by atoms with Crippen LogP contribution >= 0.6 is 39.9 Å². The van der Waals surface area contributed by atoms with Crippen molar-refractivity contribution in [2.24, 2.45) is 0 Å². The Morgan fingerprint density at radius 3 is 2.73 bits per heavy atom. The Balaban J connectivity index is 0.00000242. The van der Waals surface area contributed by atoms with E-state index in [-0.39, 0.29) is 24.5 Å². The van der Waals surface area contributed by atoms with Crippen molar-refractivity contribution in [3.05, 3.63) is 21.9 Å². The molecule has 8 heteroatoms. The van der Waals surface area contributed by atoms with E-state index < -0.39 is 5.60 Å². The number of ether oxygens (including phenoxy) is 2. The zero-order valence-corrected chi connectivity index (χ0v) is 15.8. The fraction of sp³-hybridized carbons (Fsp3) is 0.571. The van der Waals surface area contributed by atoms with E-state index in [1.807, 2.05) is 20.8 Å². The number of hydrogen-bond donors (Lipinski definition) is 0. The molecule has 0 spiro atoms. The summed E-state index contributed by atoms with van der Waals surface area (Å²) in [6, 6.07) is 1.79. The van der Waals surface area contributed by atoms with E-state index in [4.69, 9.17) is 21.1 Å². The normalized spacial score (nSPS) is 17.3. The maximum absolute atomic E-state index is 12.0. The quantitative estimate of drug-likeness (QED) is 0.693. The van der Waals surface area contributed by atoms with Gasteiger partial charge in [-0.1, -0.05) is 11.6 Å². The molecule has 124 valence electrons. The second-order valence-electron chi connectivity index (χ2n) is 5.87. The predicted molar refractivity (Wildman–Crippen MR) is 91.0 cm³/mol. The lowest BCUT2D eigenvalue weighted by molar-refractivity contribution is -0.0141. The number of nitrogens with zero attached hydrogens (tertiary/aromatic N) is 2. The van der Waals surface area contributed by atoms with Crippen molar-refractivity contribution in [1.82, 2.24) is 9.88 Å². The molecular weight excluding hydrogens is 395 g/mol. The number of carbonyl (C=O) groups is 1. The average molecular weight is 414 g/mol. The molecule has 0 saturated carbocycles. The van der Waals surface area contributed by atoms with Crippen LogP contribution in [0.2, 0.25) is 5.15 Å². The fourth-order valence-electron chi connectivity index (χ4n) is 1.85. The molecule has 0 aromatic carbocycles. The van der Waals surface area contributed by atoms with Crippen LogP contribution in [0, 0.1) is 0 Å². The minimum Gasteiger partial charge on any atom is -0.490 e. The Kier molecular flexibility index (Phi) is 6.77. The molecule has 0 bridgehead atoms. The Labute approximate surface area is 149 Å². The van der Waals surface area contributed by atoms with Gasteiger partial charge in [0.2, 0.25) is 0 Å². The van der Waals surface area contributed by atoms with Crippen LogP contribution in [0.5, 0.6) is 5.75 Å². The second-order valence-corrected chi connectivity index (χ2v) is 7.08. The number of hydrogen-bond acceptors (Lipinski definition) is 4. The summed E-state index contributed by atoms with van der Waals surface area (Å²) in [5, 5.41) is 0.390. The van der Waals surface area contributed by atoms with Crippen molar-refractivity contribution in [3.63, 3.8) is 0 Å². The summed E-state index contributed by atoms with van der Waals surface area (Å²) in [6.07, 6.45) is 2.17. The molecule has 1 fully saturated rings. The molecule has 1 aromatic rings. The standard InChI is InChI=1S/C14H18BrClN2O3.ClH/c1-14(2,3)21-13(19)18-5-4-9(18)8-20-10-6-11(15)12(16)17-7-10;/h6-7,9H,4-5,8H2,1-3H3;1H/t9-;/m0./s1. The summed E-state index contributed by atoms with van der Waals surface area (Å²) >= 11 is 9.12. The van der Waals surface area contributed by atoms with Gasteiger partial charge in [0.1, 0.15) is 23.1 Å². The van der Waals surface area contributed by atoms with Gasteiger partial charge in [0.15, 0.2) is 0 Å². The van der Waals surface area contributed by atoms with E-state index >= 15 is 0 Å². The number of carbonyl (C=O) groups excluding carboxylic acids is 1. The van der Waals surface area contributed by atoms with E-state index in [1.54, 1.807) is 17.2 Å². The van der Waals surface area contributed by atoms with Gasteiger partial charge in [-0.05, 0) is 49.2 Å². The lowest BCUT2D eigenvalue weighted by Crippen LogP contribution is -2.55. The smallest absolute Gasteiger partial charge is 0.410 e. The summed E-state index contributed by atoms with van der Waals surface area (Å²) in [4.78, 5) is 17.6. The third-order valence-corrected chi connectivity index (χ3v) is 4.12. The predicted octanol–water partition coefficient (Wildman–Crippen LogP) is 4.31. The summed E-state index contributed by atoms with van der Waals surface area (Å²) in [7, 11) is 0. The van der Waals surface area contributed by atoms with Crippen molar-refractivity contribution < 1.29 is 14.3 Å². The first-order valence-corrected chi connectivity index (χ1v) is 7.87. The Hall–Kier alpha value is -0.720. The van der Waals surface area contributed by atoms with Crippen molar-refractivity contribution in [3.8, 4) is 5.75 Å². The minimum absolute atomic E-state index is 0. The van der Waals surface area contributed by atoms with Gasteiger partial charge < -0.3 is 14.4 Å². The van der Waals surface area contributed by atoms with Crippen LogP contribution in [-0.4, -0.2) is 40.8 Å². The number of pyridine rings is 1. The highest BCUT2D eigenvalue weighted by Crippen LogP contribution is 2.26. The molecule has 0 unspecified atom stereocenters. The molecule has 1 saturated heterocycles.